The summed E-state index contributed by atoms with van der Waals surface area (Å²) < 4.78 is 6.83. The summed E-state index contributed by atoms with van der Waals surface area (Å²) in [5, 5.41) is 11.8. The highest BCUT2D eigenvalue weighted by molar-refractivity contribution is 5.43. The molecule has 0 bridgehead atoms. The number of aromatic nitrogens is 6. The molecule has 3 rings (SSSR count). The van der Waals surface area contributed by atoms with Crippen LogP contribution < -0.4 is 5.73 Å². The van der Waals surface area contributed by atoms with Crippen LogP contribution in [0.3, 0.4) is 0 Å². The van der Waals surface area contributed by atoms with Crippen LogP contribution >= 0.6 is 0 Å². The van der Waals surface area contributed by atoms with Gasteiger partial charge in [-0.3, -0.25) is 9.67 Å². The van der Waals surface area contributed by atoms with E-state index in [-0.39, 0.29) is 0 Å². The fourth-order valence-electron chi connectivity index (χ4n) is 1.75. The van der Waals surface area contributed by atoms with Crippen molar-refractivity contribution in [3.8, 4) is 11.6 Å². The third-order valence-electron chi connectivity index (χ3n) is 2.70. The van der Waals surface area contributed by atoms with Crippen molar-refractivity contribution in [2.45, 2.75) is 13.0 Å². The van der Waals surface area contributed by atoms with Gasteiger partial charge in [0, 0.05) is 25.4 Å². The first-order valence-corrected chi connectivity index (χ1v) is 6.17. The Kier molecular flexibility index (Phi) is 3.46. The Bertz CT molecular complexity index is 676. The predicted molar refractivity (Wildman–Crippen MR) is 69.4 cm³/mol. The minimum atomic E-state index is 0.359. The zero-order valence-electron chi connectivity index (χ0n) is 10.7. The Morgan fingerprint density at radius 1 is 1.25 bits per heavy atom. The van der Waals surface area contributed by atoms with Crippen LogP contribution in [0.4, 0.5) is 0 Å². The molecule has 0 saturated heterocycles. The molecule has 2 N–H and O–H groups in total. The Labute approximate surface area is 114 Å². The van der Waals surface area contributed by atoms with Gasteiger partial charge in [0.1, 0.15) is 0 Å². The van der Waals surface area contributed by atoms with Gasteiger partial charge in [-0.15, -0.1) is 5.10 Å². The molecule has 0 radical (unpaired) electrons. The van der Waals surface area contributed by atoms with Crippen molar-refractivity contribution in [1.82, 2.24) is 30.1 Å². The number of nitrogens with zero attached hydrogens (tertiary/aromatic N) is 6. The van der Waals surface area contributed by atoms with Gasteiger partial charge in [0.25, 0.3) is 5.89 Å². The molecule has 8 nitrogen and oxygen atoms in total. The summed E-state index contributed by atoms with van der Waals surface area (Å²) in [5.41, 5.74) is 7.07. The fraction of sp³-hybridized carbons (Fsp3) is 0.250. The zero-order chi connectivity index (χ0) is 13.8. The van der Waals surface area contributed by atoms with E-state index in [1.165, 1.54) is 0 Å². The standard InChI is InChI=1S/C12H13N7O/c13-3-6-19-8-10(16-18-19)12-15-11(17-20-12)7-9-1-4-14-5-2-9/h1-2,4-5,8H,3,6-7,13H2. The summed E-state index contributed by atoms with van der Waals surface area (Å²) in [7, 11) is 0. The smallest absolute Gasteiger partial charge is 0.280 e. The van der Waals surface area contributed by atoms with Crippen LogP contribution in [0, 0.1) is 0 Å². The Balaban J connectivity index is 1.76. The maximum absolute atomic E-state index is 5.45. The van der Waals surface area contributed by atoms with E-state index in [0.717, 1.165) is 5.56 Å². The average molecular weight is 271 g/mol. The predicted octanol–water partition coefficient (Wildman–Crippen LogP) is 0.273. The molecule has 0 spiro atoms. The topological polar surface area (TPSA) is 109 Å². The largest absolute Gasteiger partial charge is 0.332 e. The average Bonchev–Trinajstić information content (AvgIpc) is 3.10. The Morgan fingerprint density at radius 3 is 2.90 bits per heavy atom. The summed E-state index contributed by atoms with van der Waals surface area (Å²) in [6.07, 6.45) is 5.78. The summed E-state index contributed by atoms with van der Waals surface area (Å²) in [6.45, 7) is 1.10. The fourth-order valence-corrected chi connectivity index (χ4v) is 1.75. The summed E-state index contributed by atoms with van der Waals surface area (Å²) >= 11 is 0. The summed E-state index contributed by atoms with van der Waals surface area (Å²) in [4.78, 5) is 8.27. The molecule has 0 aromatic carbocycles. The lowest BCUT2D eigenvalue weighted by atomic mass is 10.2. The minimum Gasteiger partial charge on any atom is -0.332 e. The number of nitrogens with two attached hydrogens (primary N) is 1. The van der Waals surface area contributed by atoms with Crippen molar-refractivity contribution >= 4 is 0 Å². The lowest BCUT2D eigenvalue weighted by Crippen LogP contribution is -2.10. The van der Waals surface area contributed by atoms with E-state index < -0.39 is 0 Å². The van der Waals surface area contributed by atoms with Crippen LogP contribution in [0.2, 0.25) is 0 Å². The normalized spacial score (nSPS) is 10.8. The van der Waals surface area contributed by atoms with Gasteiger partial charge in [0.05, 0.1) is 12.7 Å². The molecular weight excluding hydrogens is 258 g/mol. The first-order valence-electron chi connectivity index (χ1n) is 6.17. The molecule has 0 aliphatic heterocycles. The molecule has 0 atom stereocenters. The van der Waals surface area contributed by atoms with Gasteiger partial charge in [-0.05, 0) is 17.7 Å². The van der Waals surface area contributed by atoms with Gasteiger partial charge >= 0.3 is 0 Å². The maximum Gasteiger partial charge on any atom is 0.280 e. The molecule has 3 heterocycles. The van der Waals surface area contributed by atoms with Crippen LogP contribution in [0.25, 0.3) is 11.6 Å². The minimum absolute atomic E-state index is 0.359. The van der Waals surface area contributed by atoms with Crippen molar-refractivity contribution in [1.29, 1.82) is 0 Å². The number of hydrogen-bond donors (Lipinski definition) is 1. The number of hydrogen-bond acceptors (Lipinski definition) is 7. The zero-order valence-corrected chi connectivity index (χ0v) is 10.7. The van der Waals surface area contributed by atoms with Crippen LogP contribution in [-0.4, -0.2) is 36.7 Å². The molecule has 3 aromatic rings. The molecule has 0 aliphatic carbocycles. The van der Waals surface area contributed by atoms with Crippen molar-refractivity contribution in [2.24, 2.45) is 5.73 Å². The molecule has 102 valence electrons. The highest BCUT2D eigenvalue weighted by Gasteiger charge is 2.12. The lowest BCUT2D eigenvalue weighted by molar-refractivity contribution is 0.422. The number of pyridine rings is 1. The molecule has 0 unspecified atom stereocenters. The van der Waals surface area contributed by atoms with E-state index in [4.69, 9.17) is 10.3 Å². The Morgan fingerprint density at radius 2 is 2.10 bits per heavy atom. The van der Waals surface area contributed by atoms with E-state index in [2.05, 4.69) is 25.4 Å². The SMILES string of the molecule is NCCn1cc(-c2nc(Cc3ccncc3)no2)nn1. The Hall–Kier alpha value is -2.61. The van der Waals surface area contributed by atoms with Crippen LogP contribution in [0.1, 0.15) is 11.4 Å². The van der Waals surface area contributed by atoms with Crippen molar-refractivity contribution in [3.63, 3.8) is 0 Å². The van der Waals surface area contributed by atoms with E-state index in [1.54, 1.807) is 23.3 Å². The molecule has 0 amide bonds. The van der Waals surface area contributed by atoms with E-state index >= 15 is 0 Å². The van der Waals surface area contributed by atoms with E-state index in [9.17, 15) is 0 Å². The second-order valence-electron chi connectivity index (χ2n) is 4.20. The van der Waals surface area contributed by atoms with Gasteiger partial charge in [-0.25, -0.2) is 0 Å². The van der Waals surface area contributed by atoms with Gasteiger partial charge in [-0.1, -0.05) is 10.4 Å². The third-order valence-corrected chi connectivity index (χ3v) is 2.70. The van der Waals surface area contributed by atoms with Gasteiger partial charge in [0.2, 0.25) is 0 Å². The molecular formula is C12H13N7O. The first kappa shape index (κ1) is 12.4. The summed E-state index contributed by atoms with van der Waals surface area (Å²) in [5.74, 6) is 0.955. The van der Waals surface area contributed by atoms with Crippen molar-refractivity contribution in [2.75, 3.05) is 6.54 Å². The molecule has 3 aromatic heterocycles. The van der Waals surface area contributed by atoms with Gasteiger partial charge in [0.15, 0.2) is 11.5 Å². The first-order chi connectivity index (χ1) is 9.85. The maximum atomic E-state index is 5.45. The van der Waals surface area contributed by atoms with Gasteiger partial charge in [-0.2, -0.15) is 4.98 Å². The second kappa shape index (κ2) is 5.57. The third kappa shape index (κ3) is 2.69. The molecule has 0 saturated carbocycles. The molecule has 20 heavy (non-hydrogen) atoms. The van der Waals surface area contributed by atoms with Gasteiger partial charge < -0.3 is 10.3 Å². The van der Waals surface area contributed by atoms with Crippen molar-refractivity contribution in [3.05, 3.63) is 42.1 Å². The monoisotopic (exact) mass is 271 g/mol. The molecule has 8 heteroatoms. The highest BCUT2D eigenvalue weighted by Crippen LogP contribution is 2.14. The van der Waals surface area contributed by atoms with E-state index in [1.807, 2.05) is 12.1 Å². The van der Waals surface area contributed by atoms with Crippen LogP contribution in [-0.2, 0) is 13.0 Å². The second-order valence-corrected chi connectivity index (χ2v) is 4.20. The lowest BCUT2D eigenvalue weighted by Gasteiger charge is -1.93. The summed E-state index contributed by atoms with van der Waals surface area (Å²) in [6, 6.07) is 3.82. The van der Waals surface area contributed by atoms with E-state index in [0.29, 0.717) is 36.9 Å². The molecule has 0 aliphatic rings. The quantitative estimate of drug-likeness (QED) is 0.709. The number of rotatable bonds is 5. The van der Waals surface area contributed by atoms with Crippen LogP contribution in [0.5, 0.6) is 0 Å². The van der Waals surface area contributed by atoms with Crippen molar-refractivity contribution < 1.29 is 4.52 Å². The highest BCUT2D eigenvalue weighted by atomic mass is 16.5. The molecule has 0 fully saturated rings. The van der Waals surface area contributed by atoms with Crippen LogP contribution in [0.15, 0.2) is 35.2 Å².